The van der Waals surface area contributed by atoms with Gasteiger partial charge in [-0.1, -0.05) is 12.1 Å². The maximum absolute atomic E-state index is 12.8. The van der Waals surface area contributed by atoms with Crippen molar-refractivity contribution in [1.29, 1.82) is 0 Å². The summed E-state index contributed by atoms with van der Waals surface area (Å²) in [4.78, 5) is 32.1. The van der Waals surface area contributed by atoms with Gasteiger partial charge in [-0.15, -0.1) is 11.8 Å². The number of para-hydroxylation sites is 1. The first kappa shape index (κ1) is 21.5. The molecule has 1 aliphatic heterocycles. The molecule has 0 radical (unpaired) electrons. The fourth-order valence-electron chi connectivity index (χ4n) is 3.33. The van der Waals surface area contributed by atoms with Crippen LogP contribution >= 0.6 is 11.8 Å². The summed E-state index contributed by atoms with van der Waals surface area (Å²) in [7, 11) is 0. The predicted octanol–water partition coefficient (Wildman–Crippen LogP) is 3.74. The Bertz CT molecular complexity index is 838. The molecule has 0 unspecified atom stereocenters. The van der Waals surface area contributed by atoms with Crippen LogP contribution in [0.4, 0.5) is 5.69 Å². The van der Waals surface area contributed by atoms with Crippen LogP contribution in [0.2, 0.25) is 0 Å². The van der Waals surface area contributed by atoms with E-state index in [-0.39, 0.29) is 11.7 Å². The number of anilines is 1. The van der Waals surface area contributed by atoms with Crippen molar-refractivity contribution in [3.05, 3.63) is 53.7 Å². The molecule has 1 aliphatic rings. The Kier molecular flexibility index (Phi) is 8.22. The summed E-state index contributed by atoms with van der Waals surface area (Å²) in [5.41, 5.74) is 1.61. The van der Waals surface area contributed by atoms with Gasteiger partial charge in [0.2, 0.25) is 0 Å². The summed E-state index contributed by atoms with van der Waals surface area (Å²) in [6.07, 6.45) is 5.83. The number of carbonyl (C=O) groups excluding carboxylic acids is 2. The Balaban J connectivity index is 1.57. The third kappa shape index (κ3) is 6.13. The number of Topliss-reactive ketones (excluding diaryl/α,β-unsaturated/α-hetero) is 1. The average Bonchev–Trinajstić information content (AvgIpc) is 2.77. The molecular weight excluding hydrogens is 386 g/mol. The monoisotopic (exact) mass is 413 g/mol. The van der Waals surface area contributed by atoms with Gasteiger partial charge in [-0.05, 0) is 49.9 Å². The second-order valence-corrected chi connectivity index (χ2v) is 7.69. The van der Waals surface area contributed by atoms with Crippen LogP contribution in [0.5, 0.6) is 0 Å². The highest BCUT2D eigenvalue weighted by molar-refractivity contribution is 7.98. The molecule has 29 heavy (non-hydrogen) atoms. The molecule has 0 aliphatic carbocycles. The molecule has 2 aromatic rings. The van der Waals surface area contributed by atoms with Gasteiger partial charge in [-0.25, -0.2) is 4.98 Å². The van der Waals surface area contributed by atoms with Crippen molar-refractivity contribution in [2.75, 3.05) is 44.4 Å². The highest BCUT2D eigenvalue weighted by Crippen LogP contribution is 2.22. The molecule has 0 saturated carbocycles. The van der Waals surface area contributed by atoms with Crippen LogP contribution in [0.25, 0.3) is 0 Å². The average molecular weight is 414 g/mol. The normalized spacial score (nSPS) is 14.5. The molecule has 0 atom stereocenters. The molecule has 1 fully saturated rings. The number of pyridine rings is 1. The molecule has 3 rings (SSSR count). The van der Waals surface area contributed by atoms with Crippen molar-refractivity contribution in [3.8, 4) is 0 Å². The molecule has 1 aromatic carbocycles. The topological polar surface area (TPSA) is 71.5 Å². The van der Waals surface area contributed by atoms with Gasteiger partial charge in [0, 0.05) is 31.3 Å². The maximum atomic E-state index is 12.8. The van der Waals surface area contributed by atoms with E-state index in [1.807, 2.05) is 18.4 Å². The lowest BCUT2D eigenvalue weighted by atomic mass is 10.0. The summed E-state index contributed by atoms with van der Waals surface area (Å²) in [5, 5.41) is 3.55. The maximum Gasteiger partial charge on any atom is 0.258 e. The number of hydrogen-bond donors (Lipinski definition) is 1. The highest BCUT2D eigenvalue weighted by atomic mass is 32.2. The number of unbranched alkanes of at least 4 members (excludes halogenated alkanes) is 1. The van der Waals surface area contributed by atoms with Crippen LogP contribution < -0.4 is 5.32 Å². The standard InChI is InChI=1S/C22H27N3O3S/c1-29-22-18(8-6-11-23-22)21(27)24-19-9-3-2-7-17(19)20(26)10-4-5-12-25-13-15-28-16-14-25/h2-3,6-9,11H,4-5,10,12-16H2,1H3,(H,24,27). The number of ketones is 1. The van der Waals surface area contributed by atoms with Gasteiger partial charge < -0.3 is 10.1 Å². The summed E-state index contributed by atoms with van der Waals surface area (Å²) in [6.45, 7) is 4.51. The zero-order chi connectivity index (χ0) is 20.5. The number of morpholine rings is 1. The highest BCUT2D eigenvalue weighted by Gasteiger charge is 2.17. The molecule has 1 amide bonds. The van der Waals surface area contributed by atoms with Crippen LogP contribution in [-0.4, -0.2) is 60.7 Å². The van der Waals surface area contributed by atoms with E-state index in [1.54, 1.807) is 30.5 Å². The number of rotatable bonds is 9. The summed E-state index contributed by atoms with van der Waals surface area (Å²) >= 11 is 1.42. The Labute approximate surface area is 176 Å². The van der Waals surface area contributed by atoms with Gasteiger partial charge >= 0.3 is 0 Å². The van der Waals surface area contributed by atoms with Gasteiger partial charge in [-0.3, -0.25) is 14.5 Å². The lowest BCUT2D eigenvalue weighted by molar-refractivity contribution is 0.0371. The molecular formula is C22H27N3O3S. The number of ether oxygens (including phenoxy) is 1. The third-order valence-electron chi connectivity index (χ3n) is 4.92. The zero-order valence-electron chi connectivity index (χ0n) is 16.7. The number of benzene rings is 1. The number of aromatic nitrogens is 1. The number of amides is 1. The largest absolute Gasteiger partial charge is 0.379 e. The summed E-state index contributed by atoms with van der Waals surface area (Å²) in [6, 6.07) is 10.7. The van der Waals surface area contributed by atoms with Crippen LogP contribution in [0.15, 0.2) is 47.6 Å². The van der Waals surface area contributed by atoms with Crippen LogP contribution in [0.3, 0.4) is 0 Å². The van der Waals surface area contributed by atoms with Gasteiger partial charge in [-0.2, -0.15) is 0 Å². The second kappa shape index (κ2) is 11.1. The van der Waals surface area contributed by atoms with E-state index < -0.39 is 0 Å². The van der Waals surface area contributed by atoms with Crippen molar-refractivity contribution in [2.45, 2.75) is 24.3 Å². The van der Waals surface area contributed by atoms with Gasteiger partial charge in [0.1, 0.15) is 5.03 Å². The van der Waals surface area contributed by atoms with E-state index >= 15 is 0 Å². The van der Waals surface area contributed by atoms with E-state index in [0.29, 0.717) is 28.3 Å². The minimum atomic E-state index is -0.255. The first-order chi connectivity index (χ1) is 14.2. The third-order valence-corrected chi connectivity index (χ3v) is 5.63. The minimum absolute atomic E-state index is 0.0548. The lowest BCUT2D eigenvalue weighted by Crippen LogP contribution is -2.36. The minimum Gasteiger partial charge on any atom is -0.379 e. The molecule has 1 saturated heterocycles. The van der Waals surface area contributed by atoms with Crippen molar-refractivity contribution in [2.24, 2.45) is 0 Å². The van der Waals surface area contributed by atoms with Gasteiger partial charge in [0.15, 0.2) is 5.78 Å². The van der Waals surface area contributed by atoms with E-state index in [2.05, 4.69) is 15.2 Å². The zero-order valence-corrected chi connectivity index (χ0v) is 17.5. The fourth-order valence-corrected chi connectivity index (χ4v) is 3.88. The summed E-state index contributed by atoms with van der Waals surface area (Å²) in [5.74, 6) is -0.200. The Morgan fingerprint density at radius 2 is 1.86 bits per heavy atom. The van der Waals surface area contributed by atoms with Crippen molar-refractivity contribution in [1.82, 2.24) is 9.88 Å². The molecule has 1 aromatic heterocycles. The molecule has 7 heteroatoms. The van der Waals surface area contributed by atoms with Crippen LogP contribution in [0, 0.1) is 0 Å². The lowest BCUT2D eigenvalue weighted by Gasteiger charge is -2.26. The number of carbonyl (C=O) groups is 2. The van der Waals surface area contributed by atoms with Crippen molar-refractivity contribution in [3.63, 3.8) is 0 Å². The Hall–Kier alpha value is -2.22. The molecule has 1 N–H and O–H groups in total. The van der Waals surface area contributed by atoms with Crippen molar-refractivity contribution < 1.29 is 14.3 Å². The first-order valence-corrected chi connectivity index (χ1v) is 11.1. The molecule has 6 nitrogen and oxygen atoms in total. The van der Waals surface area contributed by atoms with Gasteiger partial charge in [0.25, 0.3) is 5.91 Å². The van der Waals surface area contributed by atoms with Crippen molar-refractivity contribution >= 4 is 29.1 Å². The fraction of sp³-hybridized carbons (Fsp3) is 0.409. The number of nitrogens with one attached hydrogen (secondary N) is 1. The molecule has 154 valence electrons. The first-order valence-electron chi connectivity index (χ1n) is 9.91. The number of hydrogen-bond acceptors (Lipinski definition) is 6. The molecule has 2 heterocycles. The SMILES string of the molecule is CSc1ncccc1C(=O)Nc1ccccc1C(=O)CCCCN1CCOCC1. The Morgan fingerprint density at radius 3 is 2.66 bits per heavy atom. The van der Waals surface area contributed by atoms with E-state index in [4.69, 9.17) is 4.74 Å². The van der Waals surface area contributed by atoms with Gasteiger partial charge in [0.05, 0.1) is 24.5 Å². The molecule has 0 spiro atoms. The van der Waals surface area contributed by atoms with Crippen LogP contribution in [0.1, 0.15) is 40.0 Å². The van der Waals surface area contributed by atoms with E-state index in [9.17, 15) is 9.59 Å². The quantitative estimate of drug-likeness (QED) is 0.384. The smallest absolute Gasteiger partial charge is 0.258 e. The second-order valence-electron chi connectivity index (χ2n) is 6.89. The van der Waals surface area contributed by atoms with E-state index in [1.165, 1.54) is 11.8 Å². The number of nitrogens with zero attached hydrogens (tertiary/aromatic N) is 2. The number of thioether (sulfide) groups is 1. The molecule has 0 bridgehead atoms. The van der Waals surface area contributed by atoms with Crippen LogP contribution in [-0.2, 0) is 4.74 Å². The van der Waals surface area contributed by atoms with E-state index in [0.717, 1.165) is 45.7 Å². The predicted molar refractivity (Wildman–Crippen MR) is 116 cm³/mol. The summed E-state index contributed by atoms with van der Waals surface area (Å²) < 4.78 is 5.36. The Morgan fingerprint density at radius 1 is 1.10 bits per heavy atom.